The van der Waals surface area contributed by atoms with E-state index >= 15 is 0 Å². The monoisotopic (exact) mass is 249 g/mol. The molecule has 2 aromatic heterocycles. The molecule has 2 heterocycles. The molecule has 0 aliphatic rings. The van der Waals surface area contributed by atoms with Gasteiger partial charge in [-0.25, -0.2) is 9.97 Å². The Kier molecular flexibility index (Phi) is 3.31. The molecule has 0 radical (unpaired) electrons. The maximum Gasteiger partial charge on any atom is 0.254 e. The van der Waals surface area contributed by atoms with Gasteiger partial charge in [0.05, 0.1) is 6.54 Å². The number of hydrogen-bond donors (Lipinski definition) is 1. The minimum atomic E-state index is -0.678. The Morgan fingerprint density at radius 3 is 2.94 bits per heavy atom. The highest BCUT2D eigenvalue weighted by molar-refractivity contribution is 5.93. The third-order valence-electron chi connectivity index (χ3n) is 2.34. The maximum absolute atomic E-state index is 12.9. The molecule has 7 heteroatoms. The van der Waals surface area contributed by atoms with Crippen LogP contribution in [0.15, 0.2) is 18.3 Å². The average molecular weight is 249 g/mol. The number of nitrogens with one attached hydrogen (secondary N) is 1. The third kappa shape index (κ3) is 2.68. The molecule has 6 nitrogen and oxygen atoms in total. The van der Waals surface area contributed by atoms with Crippen LogP contribution in [-0.4, -0.2) is 38.0 Å². The van der Waals surface area contributed by atoms with Crippen LogP contribution >= 0.6 is 0 Å². The van der Waals surface area contributed by atoms with Crippen molar-refractivity contribution >= 4 is 5.91 Å². The van der Waals surface area contributed by atoms with Crippen LogP contribution in [0.3, 0.4) is 0 Å². The molecule has 0 aromatic carbocycles. The smallest absolute Gasteiger partial charge is 0.254 e. The summed E-state index contributed by atoms with van der Waals surface area (Å²) in [6.07, 6.45) is 1.26. The summed E-state index contributed by atoms with van der Waals surface area (Å²) in [5.41, 5.74) is 0.247. The highest BCUT2D eigenvalue weighted by Crippen LogP contribution is 2.06. The summed E-state index contributed by atoms with van der Waals surface area (Å²) in [5, 5.41) is 6.63. The molecule has 1 N–H and O–H groups in total. The van der Waals surface area contributed by atoms with E-state index < -0.39 is 5.95 Å². The molecule has 1 amide bonds. The van der Waals surface area contributed by atoms with Crippen LogP contribution in [0.1, 0.15) is 22.0 Å². The van der Waals surface area contributed by atoms with E-state index in [0.29, 0.717) is 11.6 Å². The summed E-state index contributed by atoms with van der Waals surface area (Å²) in [5.74, 6) is 0.209. The van der Waals surface area contributed by atoms with Gasteiger partial charge in [0.15, 0.2) is 5.82 Å². The molecule has 0 aliphatic carbocycles. The van der Waals surface area contributed by atoms with Crippen molar-refractivity contribution in [3.63, 3.8) is 0 Å². The average Bonchev–Trinajstić information content (AvgIpc) is 2.73. The number of pyridine rings is 1. The fraction of sp³-hybridized carbons (Fsp3) is 0.273. The molecule has 0 bridgehead atoms. The number of aromatic nitrogens is 4. The van der Waals surface area contributed by atoms with Crippen LogP contribution in [0, 0.1) is 12.9 Å². The zero-order chi connectivity index (χ0) is 13.1. The van der Waals surface area contributed by atoms with Gasteiger partial charge in [0.1, 0.15) is 5.82 Å². The van der Waals surface area contributed by atoms with E-state index in [4.69, 9.17) is 0 Å². The first kappa shape index (κ1) is 12.2. The number of nitrogens with zero attached hydrogens (tertiary/aromatic N) is 4. The Morgan fingerprint density at radius 1 is 1.56 bits per heavy atom. The van der Waals surface area contributed by atoms with E-state index in [0.717, 1.165) is 6.07 Å². The van der Waals surface area contributed by atoms with E-state index in [9.17, 15) is 9.18 Å². The van der Waals surface area contributed by atoms with Gasteiger partial charge in [-0.05, 0) is 13.0 Å². The van der Waals surface area contributed by atoms with Crippen molar-refractivity contribution in [3.05, 3.63) is 41.5 Å². The summed E-state index contributed by atoms with van der Waals surface area (Å²) in [7, 11) is 1.60. The van der Waals surface area contributed by atoms with Crippen molar-refractivity contribution in [1.82, 2.24) is 25.1 Å². The van der Waals surface area contributed by atoms with Crippen molar-refractivity contribution in [2.45, 2.75) is 13.5 Å². The number of aryl methyl sites for hydroxylation is 1. The molecule has 0 aliphatic heterocycles. The number of aromatic amines is 1. The molecule has 0 fully saturated rings. The predicted molar refractivity (Wildman–Crippen MR) is 61.1 cm³/mol. The Labute approximate surface area is 103 Å². The van der Waals surface area contributed by atoms with Crippen molar-refractivity contribution in [2.75, 3.05) is 7.05 Å². The lowest BCUT2D eigenvalue weighted by Gasteiger charge is -2.14. The summed E-state index contributed by atoms with van der Waals surface area (Å²) in [6.45, 7) is 2.03. The molecule has 2 rings (SSSR count). The largest absolute Gasteiger partial charge is 0.334 e. The van der Waals surface area contributed by atoms with Gasteiger partial charge in [0.25, 0.3) is 5.91 Å². The second-order valence-corrected chi connectivity index (χ2v) is 3.87. The molecular weight excluding hydrogens is 237 g/mol. The summed E-state index contributed by atoms with van der Waals surface area (Å²) < 4.78 is 12.9. The minimum Gasteiger partial charge on any atom is -0.334 e. The second-order valence-electron chi connectivity index (χ2n) is 3.87. The van der Waals surface area contributed by atoms with Crippen LogP contribution in [0.4, 0.5) is 4.39 Å². The quantitative estimate of drug-likeness (QED) is 0.821. The summed E-state index contributed by atoms with van der Waals surface area (Å²) in [4.78, 5) is 20.9. The molecule has 2 aromatic rings. The van der Waals surface area contributed by atoms with Crippen LogP contribution < -0.4 is 0 Å². The lowest BCUT2D eigenvalue weighted by molar-refractivity contribution is 0.0781. The van der Waals surface area contributed by atoms with Crippen molar-refractivity contribution in [3.8, 4) is 0 Å². The van der Waals surface area contributed by atoms with Gasteiger partial charge >= 0.3 is 0 Å². The Balaban J connectivity index is 2.09. The molecule has 18 heavy (non-hydrogen) atoms. The fourth-order valence-electron chi connectivity index (χ4n) is 1.50. The van der Waals surface area contributed by atoms with E-state index in [2.05, 4.69) is 20.2 Å². The fourth-order valence-corrected chi connectivity index (χ4v) is 1.50. The number of amides is 1. The number of hydrogen-bond acceptors (Lipinski definition) is 4. The first-order valence-corrected chi connectivity index (χ1v) is 5.31. The number of halogens is 1. The zero-order valence-corrected chi connectivity index (χ0v) is 10.0. The van der Waals surface area contributed by atoms with E-state index in [1.165, 1.54) is 17.2 Å². The standard InChI is InChI=1S/C11H12FN5O/c1-7-14-10(16-15-7)6-17(2)11(18)8-3-4-13-9(12)5-8/h3-5H,6H2,1-2H3,(H,14,15,16). The van der Waals surface area contributed by atoms with Gasteiger partial charge in [0.2, 0.25) is 5.95 Å². The Bertz CT molecular complexity index is 568. The highest BCUT2D eigenvalue weighted by Gasteiger charge is 2.14. The van der Waals surface area contributed by atoms with E-state index in [1.54, 1.807) is 14.0 Å². The summed E-state index contributed by atoms with van der Waals surface area (Å²) in [6, 6.07) is 2.56. The van der Waals surface area contributed by atoms with Crippen LogP contribution in [0.5, 0.6) is 0 Å². The van der Waals surface area contributed by atoms with E-state index in [1.807, 2.05) is 0 Å². The molecule has 0 atom stereocenters. The topological polar surface area (TPSA) is 74.8 Å². The van der Waals surface area contributed by atoms with Gasteiger partial charge < -0.3 is 4.90 Å². The van der Waals surface area contributed by atoms with Crippen molar-refractivity contribution in [2.24, 2.45) is 0 Å². The Hall–Kier alpha value is -2.31. The SMILES string of the molecule is Cc1nc(CN(C)C(=O)c2ccnc(F)c2)n[nH]1. The van der Waals surface area contributed by atoms with Gasteiger partial charge in [-0.15, -0.1) is 0 Å². The van der Waals surface area contributed by atoms with Crippen molar-refractivity contribution < 1.29 is 9.18 Å². The van der Waals surface area contributed by atoms with Crippen LogP contribution in [-0.2, 0) is 6.54 Å². The summed E-state index contributed by atoms with van der Waals surface area (Å²) >= 11 is 0. The van der Waals surface area contributed by atoms with Gasteiger partial charge in [-0.3, -0.25) is 9.89 Å². The van der Waals surface area contributed by atoms with Gasteiger partial charge in [0, 0.05) is 24.9 Å². The predicted octanol–water partition coefficient (Wildman–Crippen LogP) is 0.919. The zero-order valence-electron chi connectivity index (χ0n) is 10.0. The van der Waals surface area contributed by atoms with E-state index in [-0.39, 0.29) is 18.0 Å². The molecule has 0 saturated heterocycles. The number of H-pyrrole nitrogens is 1. The molecular formula is C11H12FN5O. The van der Waals surface area contributed by atoms with Crippen LogP contribution in [0.25, 0.3) is 0 Å². The number of rotatable bonds is 3. The highest BCUT2D eigenvalue weighted by atomic mass is 19.1. The molecule has 0 saturated carbocycles. The third-order valence-corrected chi connectivity index (χ3v) is 2.34. The number of carbonyl (C=O) groups is 1. The Morgan fingerprint density at radius 2 is 2.33 bits per heavy atom. The molecule has 94 valence electrons. The lowest BCUT2D eigenvalue weighted by atomic mass is 10.2. The lowest BCUT2D eigenvalue weighted by Crippen LogP contribution is -2.26. The first-order chi connectivity index (χ1) is 8.56. The first-order valence-electron chi connectivity index (χ1n) is 5.31. The maximum atomic E-state index is 12.9. The van der Waals surface area contributed by atoms with Gasteiger partial charge in [-0.2, -0.15) is 9.49 Å². The number of carbonyl (C=O) groups excluding carboxylic acids is 1. The second kappa shape index (κ2) is 4.91. The normalized spacial score (nSPS) is 10.4. The molecule has 0 spiro atoms. The van der Waals surface area contributed by atoms with Crippen LogP contribution in [0.2, 0.25) is 0 Å². The van der Waals surface area contributed by atoms with Gasteiger partial charge in [-0.1, -0.05) is 0 Å². The molecule has 0 unspecified atom stereocenters. The minimum absolute atomic E-state index is 0.247. The van der Waals surface area contributed by atoms with Crippen molar-refractivity contribution in [1.29, 1.82) is 0 Å².